The van der Waals surface area contributed by atoms with Crippen LogP contribution in [0.1, 0.15) is 0 Å². The van der Waals surface area contributed by atoms with E-state index in [1.165, 1.54) is 6.34 Å². The molecule has 0 aromatic rings. The van der Waals surface area contributed by atoms with Crippen LogP contribution in [0.3, 0.4) is 0 Å². The second kappa shape index (κ2) is 3.72. The molecule has 59 valence electrons. The van der Waals surface area contributed by atoms with E-state index in [0.717, 1.165) is 0 Å². The fourth-order valence-electron chi connectivity index (χ4n) is 0.617. The van der Waals surface area contributed by atoms with Crippen LogP contribution >= 0.6 is 0 Å². The van der Waals surface area contributed by atoms with Crippen LogP contribution in [0.4, 0.5) is 0 Å². The predicted molar refractivity (Wildman–Crippen MR) is 44.1 cm³/mol. The summed E-state index contributed by atoms with van der Waals surface area (Å²) < 4.78 is 0. The molecule has 1 aliphatic rings. The highest BCUT2D eigenvalue weighted by molar-refractivity contribution is 5.88. The molecule has 11 heavy (non-hydrogen) atoms. The summed E-state index contributed by atoms with van der Waals surface area (Å²) in [5.41, 5.74) is 7.18. The van der Waals surface area contributed by atoms with E-state index in [-0.39, 0.29) is 0 Å². The number of guanidine groups is 1. The standard InChI is InChI=1S/C6H10N5/c1-2-3-8-6-10-4-9-5(7)11-6/h2,4-5,7H,1,3H2,(H2,8,9,10,11). The lowest BCUT2D eigenvalue weighted by Crippen LogP contribution is -2.36. The molecule has 0 fully saturated rings. The minimum absolute atomic E-state index is 0.476. The molecule has 0 aromatic heterocycles. The predicted octanol–water partition coefficient (Wildman–Crippen LogP) is -0.684. The lowest BCUT2D eigenvalue weighted by Gasteiger charge is -2.12. The smallest absolute Gasteiger partial charge is 0.222 e. The second-order valence-corrected chi connectivity index (χ2v) is 1.95. The summed E-state index contributed by atoms with van der Waals surface area (Å²) in [7, 11) is 0. The highest BCUT2D eigenvalue weighted by atomic mass is 15.3. The van der Waals surface area contributed by atoms with Crippen LogP contribution < -0.4 is 16.4 Å². The monoisotopic (exact) mass is 152 g/mol. The molecule has 1 unspecified atom stereocenters. The number of hydrogen-bond donors (Lipinski definition) is 2. The molecule has 5 nitrogen and oxygen atoms in total. The topological polar surface area (TPSA) is 72.6 Å². The highest BCUT2D eigenvalue weighted by Gasteiger charge is 2.03. The third-order valence-corrected chi connectivity index (χ3v) is 1.08. The summed E-state index contributed by atoms with van der Waals surface area (Å²) >= 11 is 0. The van der Waals surface area contributed by atoms with Gasteiger partial charge in [0.2, 0.25) is 5.96 Å². The lowest BCUT2D eigenvalue weighted by molar-refractivity contribution is 0.640. The van der Waals surface area contributed by atoms with E-state index in [0.29, 0.717) is 12.5 Å². The molecule has 0 aliphatic carbocycles. The maximum Gasteiger partial charge on any atom is 0.222 e. The van der Waals surface area contributed by atoms with Crippen molar-refractivity contribution in [3.05, 3.63) is 12.7 Å². The molecule has 1 rings (SSSR count). The maximum atomic E-state index is 7.18. The van der Waals surface area contributed by atoms with E-state index in [1.54, 1.807) is 6.08 Å². The number of rotatable bonds is 2. The van der Waals surface area contributed by atoms with Crippen LogP contribution in [0.5, 0.6) is 0 Å². The van der Waals surface area contributed by atoms with E-state index >= 15 is 0 Å². The Hall–Kier alpha value is -1.36. The molecule has 5 heteroatoms. The van der Waals surface area contributed by atoms with Crippen LogP contribution in [-0.4, -0.2) is 25.1 Å². The minimum Gasteiger partial charge on any atom is -0.351 e. The number of nitrogens with one attached hydrogen (secondary N) is 3. The van der Waals surface area contributed by atoms with E-state index in [2.05, 4.69) is 27.2 Å². The zero-order chi connectivity index (χ0) is 8.10. The van der Waals surface area contributed by atoms with Crippen molar-refractivity contribution in [3.8, 4) is 0 Å². The molecular weight excluding hydrogens is 142 g/mol. The number of aliphatic imine (C=N–C) groups is 2. The average Bonchev–Trinajstić information content (AvgIpc) is 2.01. The van der Waals surface area contributed by atoms with Crippen LogP contribution in [0.2, 0.25) is 0 Å². The molecule has 0 saturated heterocycles. The molecule has 1 heterocycles. The van der Waals surface area contributed by atoms with Crippen LogP contribution in [-0.2, 0) is 0 Å². The van der Waals surface area contributed by atoms with Crippen molar-refractivity contribution in [2.24, 2.45) is 9.98 Å². The highest BCUT2D eigenvalue weighted by Crippen LogP contribution is 1.86. The van der Waals surface area contributed by atoms with E-state index < -0.39 is 6.29 Å². The molecule has 0 aromatic carbocycles. The second-order valence-electron chi connectivity index (χ2n) is 1.95. The van der Waals surface area contributed by atoms with Crippen molar-refractivity contribution >= 4 is 12.3 Å². The van der Waals surface area contributed by atoms with Gasteiger partial charge in [0.15, 0.2) is 6.29 Å². The van der Waals surface area contributed by atoms with Gasteiger partial charge in [-0.15, -0.1) is 6.58 Å². The Labute approximate surface area is 65.1 Å². The van der Waals surface area contributed by atoms with Gasteiger partial charge in [0.05, 0.1) is 6.34 Å². The molecule has 3 N–H and O–H groups in total. The van der Waals surface area contributed by atoms with Crippen molar-refractivity contribution in [1.29, 1.82) is 0 Å². The van der Waals surface area contributed by atoms with Crippen LogP contribution in [0.15, 0.2) is 22.6 Å². The zero-order valence-electron chi connectivity index (χ0n) is 6.04. The molecular formula is C6H10N5. The fourth-order valence-corrected chi connectivity index (χ4v) is 0.617. The Morgan fingerprint density at radius 1 is 1.91 bits per heavy atom. The van der Waals surface area contributed by atoms with Crippen LogP contribution in [0, 0.1) is 0 Å². The molecule has 0 amide bonds. The first-order chi connectivity index (χ1) is 5.33. The maximum absolute atomic E-state index is 7.18. The molecule has 1 radical (unpaired) electrons. The van der Waals surface area contributed by atoms with E-state index in [9.17, 15) is 0 Å². The van der Waals surface area contributed by atoms with Gasteiger partial charge in [-0.2, -0.15) is 0 Å². The Kier molecular flexibility index (Phi) is 2.62. The van der Waals surface area contributed by atoms with Crippen molar-refractivity contribution in [3.63, 3.8) is 0 Å². The van der Waals surface area contributed by atoms with Crippen molar-refractivity contribution in [2.75, 3.05) is 6.54 Å². The minimum atomic E-state index is -0.639. The average molecular weight is 152 g/mol. The Morgan fingerprint density at radius 3 is 3.36 bits per heavy atom. The largest absolute Gasteiger partial charge is 0.351 e. The summed E-state index contributed by atoms with van der Waals surface area (Å²) in [5, 5.41) is 5.49. The summed E-state index contributed by atoms with van der Waals surface area (Å²) in [4.78, 5) is 7.69. The lowest BCUT2D eigenvalue weighted by atomic mass is 10.6. The van der Waals surface area contributed by atoms with Gasteiger partial charge in [0, 0.05) is 6.54 Å². The summed E-state index contributed by atoms with van der Waals surface area (Å²) in [6.07, 6.45) is 2.52. The van der Waals surface area contributed by atoms with Gasteiger partial charge in [-0.3, -0.25) is 0 Å². The molecule has 1 aliphatic heterocycles. The summed E-state index contributed by atoms with van der Waals surface area (Å²) in [5.74, 6) is 0.476. The Balaban J connectivity index is 2.43. The van der Waals surface area contributed by atoms with E-state index in [1.807, 2.05) is 0 Å². The Bertz CT molecular complexity index is 195. The first kappa shape index (κ1) is 7.74. The molecule has 0 saturated carbocycles. The third-order valence-electron chi connectivity index (χ3n) is 1.08. The molecule has 1 atom stereocenters. The van der Waals surface area contributed by atoms with Gasteiger partial charge in [0.25, 0.3) is 0 Å². The van der Waals surface area contributed by atoms with E-state index in [4.69, 9.17) is 5.73 Å². The van der Waals surface area contributed by atoms with Crippen molar-refractivity contribution in [2.45, 2.75) is 6.29 Å². The van der Waals surface area contributed by atoms with Gasteiger partial charge in [-0.25, -0.2) is 15.7 Å². The molecule has 0 spiro atoms. The van der Waals surface area contributed by atoms with Gasteiger partial charge >= 0.3 is 0 Å². The first-order valence-electron chi connectivity index (χ1n) is 3.25. The zero-order valence-corrected chi connectivity index (χ0v) is 6.04. The number of hydrogen-bond acceptors (Lipinski definition) is 4. The van der Waals surface area contributed by atoms with Gasteiger partial charge in [-0.1, -0.05) is 6.08 Å². The fraction of sp³-hybridized carbons (Fsp3) is 0.333. The number of nitrogens with zero attached hydrogens (tertiary/aromatic N) is 2. The van der Waals surface area contributed by atoms with Gasteiger partial charge < -0.3 is 10.6 Å². The first-order valence-corrected chi connectivity index (χ1v) is 3.25. The normalized spacial score (nSPS) is 21.9. The Morgan fingerprint density at radius 2 is 2.73 bits per heavy atom. The summed E-state index contributed by atoms with van der Waals surface area (Å²) in [6.45, 7) is 4.15. The van der Waals surface area contributed by atoms with Crippen molar-refractivity contribution < 1.29 is 0 Å². The summed E-state index contributed by atoms with van der Waals surface area (Å²) in [6, 6.07) is 0. The molecule has 0 bridgehead atoms. The van der Waals surface area contributed by atoms with Gasteiger partial charge in [-0.05, 0) is 0 Å². The quantitative estimate of drug-likeness (QED) is 0.514. The van der Waals surface area contributed by atoms with Gasteiger partial charge in [0.1, 0.15) is 0 Å². The third kappa shape index (κ3) is 2.38. The van der Waals surface area contributed by atoms with Crippen molar-refractivity contribution in [1.82, 2.24) is 16.4 Å². The SMILES string of the molecule is C=CCNC1=NC([NH])NC=N1. The van der Waals surface area contributed by atoms with Crippen LogP contribution in [0.25, 0.3) is 0 Å².